The number of fused-ring (bicyclic) bond motifs is 1. The topological polar surface area (TPSA) is 75.1 Å². The van der Waals surface area contributed by atoms with Crippen LogP contribution >= 0.6 is 0 Å². The van der Waals surface area contributed by atoms with E-state index in [0.717, 1.165) is 30.8 Å². The lowest BCUT2D eigenvalue weighted by Gasteiger charge is -2.24. The minimum Gasteiger partial charge on any atom is -0.481 e. The molecule has 5 heteroatoms. The summed E-state index contributed by atoms with van der Waals surface area (Å²) in [6.07, 6.45) is 7.69. The molecule has 0 fully saturated rings. The first-order chi connectivity index (χ1) is 9.57. The van der Waals surface area contributed by atoms with Crippen LogP contribution in [-0.2, 0) is 17.6 Å². The normalized spacial score (nSPS) is 17.7. The van der Waals surface area contributed by atoms with Crippen molar-refractivity contribution in [3.63, 3.8) is 0 Å². The average molecular weight is 277 g/mol. The number of aromatic nitrogens is 2. The van der Waals surface area contributed by atoms with Crippen molar-refractivity contribution in [2.45, 2.75) is 52.4 Å². The smallest absolute Gasteiger partial charge is 0.311 e. The maximum absolute atomic E-state index is 11.3. The predicted octanol–water partition coefficient (Wildman–Crippen LogP) is 2.66. The zero-order valence-corrected chi connectivity index (χ0v) is 12.3. The molecule has 0 radical (unpaired) electrons. The zero-order valence-electron chi connectivity index (χ0n) is 12.3. The van der Waals surface area contributed by atoms with Gasteiger partial charge < -0.3 is 10.4 Å². The van der Waals surface area contributed by atoms with Crippen molar-refractivity contribution in [3.8, 4) is 0 Å². The van der Waals surface area contributed by atoms with E-state index in [9.17, 15) is 9.90 Å². The Morgan fingerprint density at radius 3 is 2.80 bits per heavy atom. The summed E-state index contributed by atoms with van der Waals surface area (Å²) in [5.74, 6) is 0.0467. The van der Waals surface area contributed by atoms with Crippen LogP contribution < -0.4 is 5.32 Å². The molecule has 0 bridgehead atoms. The SMILES string of the molecule is CCC(C)(CNc1ncnc2c1CCCCC2)C(=O)O. The second kappa shape index (κ2) is 6.20. The van der Waals surface area contributed by atoms with Gasteiger partial charge in [0.1, 0.15) is 12.1 Å². The van der Waals surface area contributed by atoms with Gasteiger partial charge in [-0.1, -0.05) is 13.3 Å². The molecule has 0 saturated heterocycles. The van der Waals surface area contributed by atoms with Crippen LogP contribution in [0.5, 0.6) is 0 Å². The molecule has 1 aromatic rings. The summed E-state index contributed by atoms with van der Waals surface area (Å²) in [5.41, 5.74) is 1.53. The van der Waals surface area contributed by atoms with Gasteiger partial charge in [0.2, 0.25) is 0 Å². The van der Waals surface area contributed by atoms with Crippen molar-refractivity contribution in [1.29, 1.82) is 0 Å². The molecule has 110 valence electrons. The fraction of sp³-hybridized carbons (Fsp3) is 0.667. The van der Waals surface area contributed by atoms with E-state index in [1.165, 1.54) is 18.4 Å². The van der Waals surface area contributed by atoms with Crippen LogP contribution in [0.15, 0.2) is 6.33 Å². The molecule has 2 N–H and O–H groups in total. The van der Waals surface area contributed by atoms with E-state index in [4.69, 9.17) is 0 Å². The number of aryl methyl sites for hydroxylation is 1. The molecule has 0 aliphatic heterocycles. The van der Waals surface area contributed by atoms with E-state index >= 15 is 0 Å². The molecule has 2 rings (SSSR count). The first kappa shape index (κ1) is 14.8. The van der Waals surface area contributed by atoms with E-state index in [2.05, 4.69) is 15.3 Å². The fourth-order valence-corrected chi connectivity index (χ4v) is 2.48. The van der Waals surface area contributed by atoms with Crippen LogP contribution in [0, 0.1) is 5.41 Å². The number of rotatable bonds is 5. The number of nitrogens with one attached hydrogen (secondary N) is 1. The van der Waals surface area contributed by atoms with Gasteiger partial charge in [-0.25, -0.2) is 9.97 Å². The molecular formula is C15H23N3O2. The first-order valence-corrected chi connectivity index (χ1v) is 7.37. The van der Waals surface area contributed by atoms with E-state index in [0.29, 0.717) is 13.0 Å². The summed E-state index contributed by atoms with van der Waals surface area (Å²) < 4.78 is 0. The third-order valence-corrected chi connectivity index (χ3v) is 4.32. The molecule has 1 aliphatic rings. The summed E-state index contributed by atoms with van der Waals surface area (Å²) in [6, 6.07) is 0. The Kier molecular flexibility index (Phi) is 4.57. The lowest BCUT2D eigenvalue weighted by atomic mass is 9.87. The number of anilines is 1. The van der Waals surface area contributed by atoms with Gasteiger partial charge in [0, 0.05) is 17.8 Å². The van der Waals surface area contributed by atoms with E-state index in [1.54, 1.807) is 13.3 Å². The molecule has 0 amide bonds. The molecule has 1 heterocycles. The molecule has 1 unspecified atom stereocenters. The Bertz CT molecular complexity index is 490. The van der Waals surface area contributed by atoms with Crippen molar-refractivity contribution in [2.75, 3.05) is 11.9 Å². The highest BCUT2D eigenvalue weighted by atomic mass is 16.4. The van der Waals surface area contributed by atoms with Gasteiger partial charge in [0.15, 0.2) is 0 Å². The van der Waals surface area contributed by atoms with Gasteiger partial charge in [-0.2, -0.15) is 0 Å². The zero-order chi connectivity index (χ0) is 14.6. The predicted molar refractivity (Wildman–Crippen MR) is 77.8 cm³/mol. The van der Waals surface area contributed by atoms with Crippen LogP contribution in [0.1, 0.15) is 50.8 Å². The third kappa shape index (κ3) is 3.08. The minimum atomic E-state index is -0.771. The van der Waals surface area contributed by atoms with Crippen molar-refractivity contribution >= 4 is 11.8 Å². The largest absolute Gasteiger partial charge is 0.481 e. The summed E-state index contributed by atoms with van der Waals surface area (Å²) in [4.78, 5) is 20.0. The Morgan fingerprint density at radius 1 is 1.35 bits per heavy atom. The number of aliphatic carboxylic acids is 1. The Morgan fingerprint density at radius 2 is 2.10 bits per heavy atom. The second-order valence-electron chi connectivity index (χ2n) is 5.78. The number of nitrogens with zero attached hydrogens (tertiary/aromatic N) is 2. The number of hydrogen-bond donors (Lipinski definition) is 2. The minimum absolute atomic E-state index is 0.391. The molecule has 1 atom stereocenters. The lowest BCUT2D eigenvalue weighted by Crippen LogP contribution is -2.34. The van der Waals surface area contributed by atoms with Gasteiger partial charge in [0.05, 0.1) is 5.41 Å². The Hall–Kier alpha value is -1.65. The Balaban J connectivity index is 2.16. The van der Waals surface area contributed by atoms with Gasteiger partial charge in [-0.15, -0.1) is 0 Å². The fourth-order valence-electron chi connectivity index (χ4n) is 2.48. The van der Waals surface area contributed by atoms with Crippen LogP contribution in [0.4, 0.5) is 5.82 Å². The van der Waals surface area contributed by atoms with Crippen LogP contribution in [0.2, 0.25) is 0 Å². The average Bonchev–Trinajstić information content (AvgIpc) is 2.70. The van der Waals surface area contributed by atoms with Gasteiger partial charge in [0.25, 0.3) is 0 Å². The summed E-state index contributed by atoms with van der Waals surface area (Å²) in [7, 11) is 0. The van der Waals surface area contributed by atoms with Crippen LogP contribution in [0.25, 0.3) is 0 Å². The molecule has 5 nitrogen and oxygen atoms in total. The van der Waals surface area contributed by atoms with Crippen molar-refractivity contribution in [3.05, 3.63) is 17.6 Å². The van der Waals surface area contributed by atoms with Gasteiger partial charge in [-0.3, -0.25) is 4.79 Å². The summed E-state index contributed by atoms with van der Waals surface area (Å²) in [5, 5.41) is 12.6. The number of carboxylic acids is 1. The molecule has 1 aliphatic carbocycles. The quantitative estimate of drug-likeness (QED) is 0.809. The highest BCUT2D eigenvalue weighted by molar-refractivity contribution is 5.75. The van der Waals surface area contributed by atoms with E-state index in [-0.39, 0.29) is 0 Å². The van der Waals surface area contributed by atoms with E-state index < -0.39 is 11.4 Å². The van der Waals surface area contributed by atoms with E-state index in [1.807, 2.05) is 6.92 Å². The van der Waals surface area contributed by atoms with Crippen LogP contribution in [0.3, 0.4) is 0 Å². The van der Waals surface area contributed by atoms with Crippen molar-refractivity contribution < 1.29 is 9.90 Å². The molecule has 1 aromatic heterocycles. The first-order valence-electron chi connectivity index (χ1n) is 7.37. The van der Waals surface area contributed by atoms with Crippen molar-refractivity contribution in [2.24, 2.45) is 5.41 Å². The standard InChI is InChI=1S/C15H23N3O2/c1-3-15(2,14(19)20)9-16-13-11-7-5-4-6-8-12(11)17-10-18-13/h10H,3-9H2,1-2H3,(H,19,20)(H,16,17,18). The Labute approximate surface area is 119 Å². The summed E-state index contributed by atoms with van der Waals surface area (Å²) >= 11 is 0. The number of hydrogen-bond acceptors (Lipinski definition) is 4. The molecule has 0 saturated carbocycles. The van der Waals surface area contributed by atoms with Crippen molar-refractivity contribution in [1.82, 2.24) is 9.97 Å². The lowest BCUT2D eigenvalue weighted by molar-refractivity contribution is -0.147. The maximum atomic E-state index is 11.3. The molecule has 0 spiro atoms. The number of carbonyl (C=O) groups is 1. The van der Waals surface area contributed by atoms with Gasteiger partial charge in [-0.05, 0) is 39.0 Å². The third-order valence-electron chi connectivity index (χ3n) is 4.32. The highest BCUT2D eigenvalue weighted by Crippen LogP contribution is 2.26. The monoisotopic (exact) mass is 277 g/mol. The highest BCUT2D eigenvalue weighted by Gasteiger charge is 2.31. The van der Waals surface area contributed by atoms with Gasteiger partial charge >= 0.3 is 5.97 Å². The second-order valence-corrected chi connectivity index (χ2v) is 5.78. The van der Waals surface area contributed by atoms with Crippen LogP contribution in [-0.4, -0.2) is 27.6 Å². The number of carboxylic acid groups (broad SMARTS) is 1. The molecule has 20 heavy (non-hydrogen) atoms. The maximum Gasteiger partial charge on any atom is 0.311 e. The molecule has 0 aromatic carbocycles. The molecular weight excluding hydrogens is 254 g/mol. The summed E-state index contributed by atoms with van der Waals surface area (Å²) in [6.45, 7) is 4.06.